The second-order valence-corrected chi connectivity index (χ2v) is 12.2. The number of benzene rings is 1. The molecule has 0 heterocycles. The Morgan fingerprint density at radius 2 is 1.68 bits per heavy atom. The third-order valence-electron chi connectivity index (χ3n) is 5.20. The quantitative estimate of drug-likeness (QED) is 0.484. The SMILES string of the molecule is CCCCCC(CC(C)(C)[Si](C)(C)O)c1ccc(CO)cc1. The van der Waals surface area contributed by atoms with Crippen LogP contribution < -0.4 is 0 Å². The molecule has 22 heavy (non-hydrogen) atoms. The van der Waals surface area contributed by atoms with Gasteiger partial charge in [-0.05, 0) is 48.0 Å². The van der Waals surface area contributed by atoms with E-state index in [1.54, 1.807) is 0 Å². The molecular weight excluding hydrogens is 288 g/mol. The average molecular weight is 323 g/mol. The van der Waals surface area contributed by atoms with Gasteiger partial charge in [-0.15, -0.1) is 0 Å². The van der Waals surface area contributed by atoms with Crippen LogP contribution in [0.4, 0.5) is 0 Å². The summed E-state index contributed by atoms with van der Waals surface area (Å²) in [7, 11) is -2.19. The minimum absolute atomic E-state index is 0.000465. The minimum Gasteiger partial charge on any atom is -0.432 e. The van der Waals surface area contributed by atoms with Crippen molar-refractivity contribution in [1.29, 1.82) is 0 Å². The van der Waals surface area contributed by atoms with Gasteiger partial charge in [0, 0.05) is 0 Å². The van der Waals surface area contributed by atoms with Crippen molar-refractivity contribution in [2.75, 3.05) is 0 Å². The molecular formula is C19H34O2Si. The summed E-state index contributed by atoms with van der Waals surface area (Å²) in [5.41, 5.74) is 2.31. The van der Waals surface area contributed by atoms with E-state index in [4.69, 9.17) is 0 Å². The maximum atomic E-state index is 10.6. The lowest BCUT2D eigenvalue weighted by Crippen LogP contribution is -2.39. The topological polar surface area (TPSA) is 40.5 Å². The predicted octanol–water partition coefficient (Wildman–Crippen LogP) is 5.21. The number of unbranched alkanes of at least 4 members (excludes halogenated alkanes) is 2. The highest BCUT2D eigenvalue weighted by Gasteiger charge is 2.39. The zero-order valence-corrected chi connectivity index (χ0v) is 16.0. The molecule has 2 nitrogen and oxygen atoms in total. The lowest BCUT2D eigenvalue weighted by molar-refractivity contribution is 0.282. The number of aliphatic hydroxyl groups is 1. The van der Waals surface area contributed by atoms with Gasteiger partial charge in [-0.3, -0.25) is 0 Å². The first-order valence-electron chi connectivity index (χ1n) is 8.63. The third kappa shape index (κ3) is 5.53. The summed E-state index contributed by atoms with van der Waals surface area (Å²) in [5, 5.41) is 9.21. The van der Waals surface area contributed by atoms with Gasteiger partial charge in [0.25, 0.3) is 0 Å². The number of hydrogen-bond acceptors (Lipinski definition) is 2. The lowest BCUT2D eigenvalue weighted by Gasteiger charge is -2.38. The molecule has 0 amide bonds. The molecule has 1 rings (SSSR count). The molecule has 2 N–H and O–H groups in total. The van der Waals surface area contributed by atoms with E-state index in [2.05, 4.69) is 32.9 Å². The van der Waals surface area contributed by atoms with Gasteiger partial charge in [0.15, 0.2) is 8.32 Å². The summed E-state index contributed by atoms with van der Waals surface area (Å²) in [6.07, 6.45) is 5.96. The third-order valence-corrected chi connectivity index (χ3v) is 8.72. The zero-order chi connectivity index (χ0) is 16.8. The van der Waals surface area contributed by atoms with Crippen LogP contribution in [0.5, 0.6) is 0 Å². The maximum Gasteiger partial charge on any atom is 0.188 e. The number of hydrogen-bond donors (Lipinski definition) is 2. The fraction of sp³-hybridized carbons (Fsp3) is 0.684. The highest BCUT2D eigenvalue weighted by atomic mass is 28.4. The van der Waals surface area contributed by atoms with Crippen molar-refractivity contribution in [2.24, 2.45) is 0 Å². The molecule has 1 atom stereocenters. The molecule has 0 aliphatic carbocycles. The van der Waals surface area contributed by atoms with Crippen LogP contribution >= 0.6 is 0 Å². The highest BCUT2D eigenvalue weighted by Crippen LogP contribution is 2.45. The number of rotatable bonds is 9. The Hall–Kier alpha value is -0.643. The van der Waals surface area contributed by atoms with Crippen molar-refractivity contribution in [2.45, 2.75) is 83.5 Å². The first-order valence-corrected chi connectivity index (χ1v) is 11.6. The first-order chi connectivity index (χ1) is 10.2. The van der Waals surface area contributed by atoms with Gasteiger partial charge in [0.2, 0.25) is 0 Å². The van der Waals surface area contributed by atoms with Gasteiger partial charge in [-0.2, -0.15) is 0 Å². The van der Waals surface area contributed by atoms with Crippen LogP contribution in [-0.2, 0) is 6.61 Å². The molecule has 0 aliphatic rings. The molecule has 0 aliphatic heterocycles. The Morgan fingerprint density at radius 3 is 2.14 bits per heavy atom. The second kappa shape index (κ2) is 8.28. The van der Waals surface area contributed by atoms with E-state index in [1.165, 1.54) is 31.2 Å². The van der Waals surface area contributed by atoms with Crippen LogP contribution in [0.25, 0.3) is 0 Å². The summed E-state index contributed by atoms with van der Waals surface area (Å²) in [4.78, 5) is 10.6. The van der Waals surface area contributed by atoms with Crippen LogP contribution in [0.3, 0.4) is 0 Å². The Kier molecular flexibility index (Phi) is 7.30. The molecule has 3 heteroatoms. The van der Waals surface area contributed by atoms with Gasteiger partial charge < -0.3 is 9.90 Å². The van der Waals surface area contributed by atoms with E-state index < -0.39 is 8.32 Å². The van der Waals surface area contributed by atoms with Gasteiger partial charge in [0.1, 0.15) is 0 Å². The molecule has 0 bridgehead atoms. The Bertz CT molecular complexity index is 432. The molecule has 0 saturated heterocycles. The van der Waals surface area contributed by atoms with Crippen molar-refractivity contribution < 1.29 is 9.90 Å². The normalized spacial score (nSPS) is 14.1. The van der Waals surface area contributed by atoms with Crippen molar-refractivity contribution in [3.8, 4) is 0 Å². The monoisotopic (exact) mass is 322 g/mol. The minimum atomic E-state index is -2.19. The second-order valence-electron chi connectivity index (χ2n) is 7.74. The van der Waals surface area contributed by atoms with Gasteiger partial charge >= 0.3 is 0 Å². The largest absolute Gasteiger partial charge is 0.432 e. The van der Waals surface area contributed by atoms with Crippen LogP contribution in [0.1, 0.15) is 69.9 Å². The molecule has 0 fully saturated rings. The van der Waals surface area contributed by atoms with E-state index in [-0.39, 0.29) is 11.6 Å². The Morgan fingerprint density at radius 1 is 1.09 bits per heavy atom. The van der Waals surface area contributed by atoms with Crippen LogP contribution in [0, 0.1) is 0 Å². The van der Waals surface area contributed by atoms with Gasteiger partial charge in [-0.1, -0.05) is 64.3 Å². The summed E-state index contributed by atoms with van der Waals surface area (Å²) in [5.74, 6) is 0.494. The first kappa shape index (κ1) is 19.4. The van der Waals surface area contributed by atoms with Crippen LogP contribution in [0.15, 0.2) is 24.3 Å². The zero-order valence-electron chi connectivity index (χ0n) is 15.0. The van der Waals surface area contributed by atoms with Crippen molar-refractivity contribution >= 4 is 8.32 Å². The highest BCUT2D eigenvalue weighted by molar-refractivity contribution is 6.72. The van der Waals surface area contributed by atoms with Gasteiger partial charge in [0.05, 0.1) is 6.61 Å². The van der Waals surface area contributed by atoms with E-state index >= 15 is 0 Å². The lowest BCUT2D eigenvalue weighted by atomic mass is 9.85. The van der Waals surface area contributed by atoms with Crippen molar-refractivity contribution in [1.82, 2.24) is 0 Å². The van der Waals surface area contributed by atoms with Crippen molar-refractivity contribution in [3.63, 3.8) is 0 Å². The molecule has 0 aromatic heterocycles. The molecule has 0 radical (unpaired) electrons. The average Bonchev–Trinajstić information content (AvgIpc) is 2.45. The summed E-state index contributed by atoms with van der Waals surface area (Å²) in [6, 6.07) is 8.36. The van der Waals surface area contributed by atoms with Gasteiger partial charge in [-0.25, -0.2) is 0 Å². The molecule has 1 aromatic carbocycles. The Labute approximate surface area is 137 Å². The smallest absolute Gasteiger partial charge is 0.188 e. The molecule has 126 valence electrons. The standard InChI is InChI=1S/C19H34O2Si/c1-6-7-8-9-18(14-19(2,3)22(4,5)21)17-12-10-16(15-20)11-13-17/h10-13,18,20-21H,6-9,14-15H2,1-5H3. The fourth-order valence-corrected chi connectivity index (χ4v) is 3.53. The molecule has 1 aromatic rings. The van der Waals surface area contributed by atoms with E-state index in [0.29, 0.717) is 5.92 Å². The molecule has 0 saturated carbocycles. The van der Waals surface area contributed by atoms with Crippen LogP contribution in [-0.4, -0.2) is 18.2 Å². The summed E-state index contributed by atoms with van der Waals surface area (Å²) < 4.78 is 0. The van der Waals surface area contributed by atoms with E-state index in [1.807, 2.05) is 25.2 Å². The molecule has 0 spiro atoms. The van der Waals surface area contributed by atoms with Crippen molar-refractivity contribution in [3.05, 3.63) is 35.4 Å². The number of aliphatic hydroxyl groups excluding tert-OH is 1. The fourth-order valence-electron chi connectivity index (χ4n) is 2.79. The molecule has 1 unspecified atom stereocenters. The van der Waals surface area contributed by atoms with E-state index in [0.717, 1.165) is 12.0 Å². The Balaban J connectivity index is 2.91. The summed E-state index contributed by atoms with van der Waals surface area (Å²) >= 11 is 0. The summed E-state index contributed by atoms with van der Waals surface area (Å²) in [6.45, 7) is 10.9. The maximum absolute atomic E-state index is 10.6. The van der Waals surface area contributed by atoms with Crippen LogP contribution in [0.2, 0.25) is 18.1 Å². The predicted molar refractivity (Wildman–Crippen MR) is 97.6 cm³/mol. The van der Waals surface area contributed by atoms with E-state index in [9.17, 15) is 9.90 Å².